The van der Waals surface area contributed by atoms with Gasteiger partial charge in [0.1, 0.15) is 23.9 Å². The summed E-state index contributed by atoms with van der Waals surface area (Å²) in [6.07, 6.45) is -3.11. The van der Waals surface area contributed by atoms with Gasteiger partial charge >= 0.3 is 5.97 Å². The van der Waals surface area contributed by atoms with Gasteiger partial charge in [0.2, 0.25) is 0 Å². The van der Waals surface area contributed by atoms with E-state index in [-0.39, 0.29) is 0 Å². The predicted molar refractivity (Wildman–Crippen MR) is 78.4 cm³/mol. The second kappa shape index (κ2) is 5.13. The van der Waals surface area contributed by atoms with Crippen molar-refractivity contribution < 1.29 is 33.2 Å². The molecule has 0 N–H and O–H groups in total. The molecule has 0 saturated carbocycles. The first-order chi connectivity index (χ1) is 10.4. The van der Waals surface area contributed by atoms with Gasteiger partial charge in [-0.25, -0.2) is 4.79 Å². The van der Waals surface area contributed by atoms with Gasteiger partial charge in [-0.3, -0.25) is 0 Å². The van der Waals surface area contributed by atoms with Crippen molar-refractivity contribution in [2.45, 2.75) is 96.3 Å². The van der Waals surface area contributed by atoms with Crippen molar-refractivity contribution in [3.63, 3.8) is 0 Å². The highest BCUT2D eigenvalue weighted by atomic mass is 16.9. The molecule has 0 bridgehead atoms. The summed E-state index contributed by atoms with van der Waals surface area (Å²) in [6, 6.07) is 0. The Morgan fingerprint density at radius 3 is 2.00 bits per heavy atom. The molecule has 0 spiro atoms. The third-order valence-electron chi connectivity index (χ3n) is 3.79. The average Bonchev–Trinajstić information content (AvgIpc) is 2.79. The van der Waals surface area contributed by atoms with E-state index in [1.807, 2.05) is 20.8 Å². The zero-order valence-electron chi connectivity index (χ0n) is 14.7. The van der Waals surface area contributed by atoms with E-state index in [0.717, 1.165) is 0 Å². The summed E-state index contributed by atoms with van der Waals surface area (Å²) in [5.41, 5.74) is -0.617. The van der Waals surface area contributed by atoms with Gasteiger partial charge in [0.05, 0.1) is 0 Å². The van der Waals surface area contributed by atoms with Crippen LogP contribution in [-0.4, -0.2) is 53.9 Å². The zero-order valence-corrected chi connectivity index (χ0v) is 14.7. The van der Waals surface area contributed by atoms with Crippen LogP contribution in [0.2, 0.25) is 0 Å². The molecule has 3 fully saturated rings. The van der Waals surface area contributed by atoms with Crippen LogP contribution in [0.3, 0.4) is 0 Å². The molecular formula is C16H26O7. The van der Waals surface area contributed by atoms with E-state index in [1.54, 1.807) is 27.7 Å². The SMILES string of the molecule is CC(C)(C)OC(=O)[C@H]1O[C@@H]2OC(C)(C)O[C@@H]2[C@H]2OC(C)(C)O[C@H]21. The van der Waals surface area contributed by atoms with Gasteiger partial charge in [0.15, 0.2) is 24.0 Å². The van der Waals surface area contributed by atoms with Crippen molar-refractivity contribution in [3.8, 4) is 0 Å². The molecule has 0 aromatic heterocycles. The average molecular weight is 330 g/mol. The Labute approximate surface area is 136 Å². The minimum absolute atomic E-state index is 0.449. The molecule has 3 aliphatic heterocycles. The lowest BCUT2D eigenvalue weighted by Gasteiger charge is -2.37. The molecule has 7 heteroatoms. The van der Waals surface area contributed by atoms with Crippen molar-refractivity contribution in [1.29, 1.82) is 0 Å². The summed E-state index contributed by atoms with van der Waals surface area (Å²) in [5.74, 6) is -2.12. The van der Waals surface area contributed by atoms with Gasteiger partial charge in [-0.15, -0.1) is 0 Å². The first-order valence-corrected chi connectivity index (χ1v) is 7.97. The second-order valence-electron chi connectivity index (χ2n) is 8.12. The Bertz CT molecular complexity index is 493. The highest BCUT2D eigenvalue weighted by Gasteiger charge is 2.62. The molecule has 0 aromatic rings. The molecule has 3 aliphatic rings. The fraction of sp³-hybridized carbons (Fsp3) is 0.938. The van der Waals surface area contributed by atoms with E-state index in [1.165, 1.54) is 0 Å². The highest BCUT2D eigenvalue weighted by Crippen LogP contribution is 2.44. The Kier molecular flexibility index (Phi) is 3.82. The van der Waals surface area contributed by atoms with Crippen LogP contribution in [0.25, 0.3) is 0 Å². The molecule has 3 saturated heterocycles. The molecule has 5 atom stereocenters. The summed E-state index contributed by atoms with van der Waals surface area (Å²) < 4.78 is 34.8. The minimum Gasteiger partial charge on any atom is -0.458 e. The number of hydrogen-bond acceptors (Lipinski definition) is 7. The highest BCUT2D eigenvalue weighted by molar-refractivity contribution is 5.76. The monoisotopic (exact) mass is 330 g/mol. The van der Waals surface area contributed by atoms with E-state index in [4.69, 9.17) is 28.4 Å². The van der Waals surface area contributed by atoms with Crippen LogP contribution >= 0.6 is 0 Å². The van der Waals surface area contributed by atoms with Gasteiger partial charge in [-0.05, 0) is 48.5 Å². The van der Waals surface area contributed by atoms with E-state index >= 15 is 0 Å². The molecule has 0 aliphatic carbocycles. The summed E-state index contributed by atoms with van der Waals surface area (Å²) in [7, 11) is 0. The van der Waals surface area contributed by atoms with Gasteiger partial charge in [-0.2, -0.15) is 0 Å². The maximum atomic E-state index is 12.5. The lowest BCUT2D eigenvalue weighted by atomic mass is 9.99. The zero-order chi connectivity index (χ0) is 17.2. The Morgan fingerprint density at radius 2 is 1.39 bits per heavy atom. The minimum atomic E-state index is -0.917. The van der Waals surface area contributed by atoms with Crippen LogP contribution in [0, 0.1) is 0 Å². The quantitative estimate of drug-likeness (QED) is 0.678. The van der Waals surface area contributed by atoms with Crippen molar-refractivity contribution in [2.75, 3.05) is 0 Å². The number of esters is 1. The van der Waals surface area contributed by atoms with Crippen LogP contribution in [0.5, 0.6) is 0 Å². The topological polar surface area (TPSA) is 72.5 Å². The molecular weight excluding hydrogens is 304 g/mol. The van der Waals surface area contributed by atoms with Crippen LogP contribution in [0.1, 0.15) is 48.5 Å². The Morgan fingerprint density at radius 1 is 0.870 bits per heavy atom. The lowest BCUT2D eigenvalue weighted by molar-refractivity contribution is -0.243. The molecule has 7 nitrogen and oxygen atoms in total. The van der Waals surface area contributed by atoms with Crippen molar-refractivity contribution in [1.82, 2.24) is 0 Å². The number of rotatable bonds is 1. The molecule has 0 unspecified atom stereocenters. The molecule has 0 aromatic carbocycles. The van der Waals surface area contributed by atoms with Gasteiger partial charge in [0, 0.05) is 0 Å². The number of ether oxygens (including phenoxy) is 6. The Balaban J connectivity index is 1.85. The summed E-state index contributed by atoms with van der Waals surface area (Å²) in [5, 5.41) is 0. The molecule has 3 heterocycles. The normalized spacial score (nSPS) is 41.3. The van der Waals surface area contributed by atoms with Crippen molar-refractivity contribution >= 4 is 5.97 Å². The van der Waals surface area contributed by atoms with Crippen molar-refractivity contribution in [3.05, 3.63) is 0 Å². The predicted octanol–water partition coefficient (Wildman–Crippen LogP) is 1.72. The first-order valence-electron chi connectivity index (χ1n) is 7.97. The first kappa shape index (κ1) is 17.1. The molecule has 0 amide bonds. The van der Waals surface area contributed by atoms with Crippen LogP contribution < -0.4 is 0 Å². The van der Waals surface area contributed by atoms with Crippen LogP contribution in [0.15, 0.2) is 0 Å². The van der Waals surface area contributed by atoms with Gasteiger partial charge in [0.25, 0.3) is 0 Å². The molecule has 132 valence electrons. The Hall–Kier alpha value is -0.730. The number of carbonyl (C=O) groups is 1. The second-order valence-corrected chi connectivity index (χ2v) is 8.12. The molecule has 3 rings (SSSR count). The van der Waals surface area contributed by atoms with Gasteiger partial charge in [-0.1, -0.05) is 0 Å². The van der Waals surface area contributed by atoms with E-state index < -0.39 is 53.9 Å². The smallest absolute Gasteiger partial charge is 0.338 e. The molecule has 23 heavy (non-hydrogen) atoms. The maximum absolute atomic E-state index is 12.5. The lowest BCUT2D eigenvalue weighted by Crippen LogP contribution is -2.58. The number of hydrogen-bond donors (Lipinski definition) is 0. The number of fused-ring (bicyclic) bond motifs is 3. The van der Waals surface area contributed by atoms with Crippen LogP contribution in [-0.2, 0) is 33.2 Å². The van der Waals surface area contributed by atoms with E-state index in [2.05, 4.69) is 0 Å². The largest absolute Gasteiger partial charge is 0.458 e. The standard InChI is InChI=1S/C16H26O7/c1-14(2,3)22-12(17)10-8-9(20-15(4,5)19-8)11-13(18-10)23-16(6,7)21-11/h8-11,13H,1-7H3/t8-,9+,10+,11-,13-/m1/s1. The third kappa shape index (κ3) is 3.39. The fourth-order valence-electron chi connectivity index (χ4n) is 3.16. The molecule has 0 radical (unpaired) electrons. The maximum Gasteiger partial charge on any atom is 0.338 e. The number of carbonyl (C=O) groups excluding carboxylic acids is 1. The van der Waals surface area contributed by atoms with E-state index in [9.17, 15) is 4.79 Å². The van der Waals surface area contributed by atoms with Crippen molar-refractivity contribution in [2.24, 2.45) is 0 Å². The van der Waals surface area contributed by atoms with Crippen LogP contribution in [0.4, 0.5) is 0 Å². The summed E-state index contributed by atoms with van der Waals surface area (Å²) in [4.78, 5) is 12.5. The van der Waals surface area contributed by atoms with E-state index in [0.29, 0.717) is 0 Å². The summed E-state index contributed by atoms with van der Waals surface area (Å²) in [6.45, 7) is 12.6. The summed E-state index contributed by atoms with van der Waals surface area (Å²) >= 11 is 0. The third-order valence-corrected chi connectivity index (χ3v) is 3.79. The van der Waals surface area contributed by atoms with Gasteiger partial charge < -0.3 is 28.4 Å². The fourth-order valence-corrected chi connectivity index (χ4v) is 3.16.